The molecule has 2 aromatic carbocycles. The van der Waals surface area contributed by atoms with Crippen LogP contribution in [0.4, 0.5) is 5.69 Å². The Bertz CT molecular complexity index is 546. The van der Waals surface area contributed by atoms with E-state index in [4.69, 9.17) is 10.00 Å². The maximum atomic E-state index is 8.90. The third-order valence-electron chi connectivity index (χ3n) is 2.63. The molecule has 0 aliphatic heterocycles. The zero-order chi connectivity index (χ0) is 12.8. The Morgan fingerprint density at radius 2 is 1.89 bits per heavy atom. The van der Waals surface area contributed by atoms with Gasteiger partial charge in [-0.3, -0.25) is 0 Å². The number of nitriles is 1. The first-order valence-corrected chi connectivity index (χ1v) is 5.68. The number of ether oxygens (including phenoxy) is 1. The number of hydrogen-bond donors (Lipinski definition) is 1. The summed E-state index contributed by atoms with van der Waals surface area (Å²) < 4.78 is 5.42. The Labute approximate surface area is 107 Å². The number of methoxy groups -OCH3 is 1. The van der Waals surface area contributed by atoms with Crippen LogP contribution in [0.25, 0.3) is 0 Å². The molecule has 0 aromatic heterocycles. The summed E-state index contributed by atoms with van der Waals surface area (Å²) in [5, 5.41) is 12.2. The van der Waals surface area contributed by atoms with Gasteiger partial charge in [0.1, 0.15) is 0 Å². The molecule has 0 amide bonds. The molecule has 3 heteroatoms. The largest absolute Gasteiger partial charge is 0.357 e. The van der Waals surface area contributed by atoms with Crippen molar-refractivity contribution in [3.8, 4) is 6.07 Å². The van der Waals surface area contributed by atoms with E-state index in [-0.39, 0.29) is 6.23 Å². The van der Waals surface area contributed by atoms with Gasteiger partial charge in [-0.1, -0.05) is 30.3 Å². The predicted molar refractivity (Wildman–Crippen MR) is 71.0 cm³/mol. The fourth-order valence-corrected chi connectivity index (χ4v) is 1.74. The van der Waals surface area contributed by atoms with Gasteiger partial charge in [-0.25, -0.2) is 0 Å². The van der Waals surface area contributed by atoms with Crippen molar-refractivity contribution in [1.29, 1.82) is 5.26 Å². The number of para-hydroxylation sites is 1. The van der Waals surface area contributed by atoms with Crippen LogP contribution in [0, 0.1) is 11.3 Å². The summed E-state index contributed by atoms with van der Waals surface area (Å²) in [5.41, 5.74) is 2.54. The summed E-state index contributed by atoms with van der Waals surface area (Å²) in [5.74, 6) is 0. The molecule has 1 N–H and O–H groups in total. The van der Waals surface area contributed by atoms with Gasteiger partial charge in [0, 0.05) is 18.4 Å². The standard InChI is InChI=1S/C15H14N2O/c1-18-15(17-14-8-3-2-4-9-14)13-7-5-6-12(10-13)11-16/h2-10,15,17H,1H3. The molecule has 0 saturated carbocycles. The monoisotopic (exact) mass is 238 g/mol. The lowest BCUT2D eigenvalue weighted by atomic mass is 10.1. The lowest BCUT2D eigenvalue weighted by Gasteiger charge is -2.18. The van der Waals surface area contributed by atoms with Crippen molar-refractivity contribution in [1.82, 2.24) is 0 Å². The quantitative estimate of drug-likeness (QED) is 0.831. The van der Waals surface area contributed by atoms with Crippen LogP contribution in [0.15, 0.2) is 54.6 Å². The van der Waals surface area contributed by atoms with E-state index in [1.54, 1.807) is 13.2 Å². The van der Waals surface area contributed by atoms with Gasteiger partial charge in [0.25, 0.3) is 0 Å². The van der Waals surface area contributed by atoms with Gasteiger partial charge in [-0.2, -0.15) is 5.26 Å². The zero-order valence-corrected chi connectivity index (χ0v) is 10.1. The smallest absolute Gasteiger partial charge is 0.153 e. The highest BCUT2D eigenvalue weighted by molar-refractivity contribution is 5.45. The third kappa shape index (κ3) is 2.88. The van der Waals surface area contributed by atoms with Crippen LogP contribution < -0.4 is 5.32 Å². The minimum atomic E-state index is -0.263. The molecule has 18 heavy (non-hydrogen) atoms. The van der Waals surface area contributed by atoms with Gasteiger partial charge in [0.15, 0.2) is 6.23 Å². The molecule has 1 unspecified atom stereocenters. The summed E-state index contributed by atoms with van der Waals surface area (Å²) in [7, 11) is 1.64. The van der Waals surface area contributed by atoms with Crippen LogP contribution in [0.5, 0.6) is 0 Å². The maximum absolute atomic E-state index is 8.90. The Balaban J connectivity index is 2.21. The zero-order valence-electron chi connectivity index (χ0n) is 10.1. The Morgan fingerprint density at radius 3 is 2.56 bits per heavy atom. The van der Waals surface area contributed by atoms with Gasteiger partial charge < -0.3 is 10.1 Å². The number of anilines is 1. The maximum Gasteiger partial charge on any atom is 0.153 e. The molecule has 0 bridgehead atoms. The molecular formula is C15H14N2O. The highest BCUT2D eigenvalue weighted by Gasteiger charge is 2.10. The summed E-state index contributed by atoms with van der Waals surface area (Å²) in [6, 6.07) is 19.3. The normalized spacial score (nSPS) is 11.6. The van der Waals surface area contributed by atoms with E-state index in [2.05, 4.69) is 11.4 Å². The first-order chi connectivity index (χ1) is 8.83. The number of benzene rings is 2. The molecule has 3 nitrogen and oxygen atoms in total. The molecule has 2 aromatic rings. The van der Waals surface area contributed by atoms with Crippen LogP contribution in [0.2, 0.25) is 0 Å². The van der Waals surface area contributed by atoms with E-state index in [1.165, 1.54) is 0 Å². The van der Waals surface area contributed by atoms with Crippen molar-refractivity contribution in [2.45, 2.75) is 6.23 Å². The van der Waals surface area contributed by atoms with Crippen molar-refractivity contribution >= 4 is 5.69 Å². The lowest BCUT2D eigenvalue weighted by molar-refractivity contribution is 0.127. The van der Waals surface area contributed by atoms with E-state index in [9.17, 15) is 0 Å². The minimum Gasteiger partial charge on any atom is -0.357 e. The van der Waals surface area contributed by atoms with Crippen molar-refractivity contribution in [2.75, 3.05) is 12.4 Å². The fraction of sp³-hybridized carbons (Fsp3) is 0.133. The number of hydrogen-bond acceptors (Lipinski definition) is 3. The molecule has 0 aliphatic rings. The van der Waals surface area contributed by atoms with Crippen LogP contribution in [-0.2, 0) is 4.74 Å². The second-order valence-corrected chi connectivity index (χ2v) is 3.86. The van der Waals surface area contributed by atoms with Crippen LogP contribution in [-0.4, -0.2) is 7.11 Å². The number of nitrogens with zero attached hydrogens (tertiary/aromatic N) is 1. The van der Waals surface area contributed by atoms with E-state index in [0.717, 1.165) is 11.3 Å². The lowest BCUT2D eigenvalue weighted by Crippen LogP contribution is -2.12. The van der Waals surface area contributed by atoms with Gasteiger partial charge in [-0.15, -0.1) is 0 Å². The van der Waals surface area contributed by atoms with Crippen LogP contribution >= 0.6 is 0 Å². The van der Waals surface area contributed by atoms with E-state index >= 15 is 0 Å². The second-order valence-electron chi connectivity index (χ2n) is 3.86. The summed E-state index contributed by atoms with van der Waals surface area (Å²) in [6.45, 7) is 0. The van der Waals surface area contributed by atoms with Crippen LogP contribution in [0.3, 0.4) is 0 Å². The Morgan fingerprint density at radius 1 is 1.11 bits per heavy atom. The summed E-state index contributed by atoms with van der Waals surface area (Å²) >= 11 is 0. The van der Waals surface area contributed by atoms with E-state index in [1.807, 2.05) is 48.5 Å². The Kier molecular flexibility index (Phi) is 3.95. The first-order valence-electron chi connectivity index (χ1n) is 5.68. The van der Waals surface area contributed by atoms with Crippen molar-refractivity contribution in [3.05, 3.63) is 65.7 Å². The SMILES string of the molecule is COC(Nc1ccccc1)c1cccc(C#N)c1. The molecule has 0 radical (unpaired) electrons. The average molecular weight is 238 g/mol. The number of nitrogens with one attached hydrogen (secondary N) is 1. The van der Waals surface area contributed by atoms with Crippen molar-refractivity contribution < 1.29 is 4.74 Å². The van der Waals surface area contributed by atoms with Crippen molar-refractivity contribution in [3.63, 3.8) is 0 Å². The van der Waals surface area contributed by atoms with Gasteiger partial charge in [-0.05, 0) is 24.3 Å². The molecule has 2 rings (SSSR count). The summed E-state index contributed by atoms with van der Waals surface area (Å²) in [6.07, 6.45) is -0.263. The minimum absolute atomic E-state index is 0.263. The summed E-state index contributed by atoms with van der Waals surface area (Å²) in [4.78, 5) is 0. The highest BCUT2D eigenvalue weighted by atomic mass is 16.5. The molecule has 0 spiro atoms. The van der Waals surface area contributed by atoms with Gasteiger partial charge in [0.2, 0.25) is 0 Å². The fourth-order valence-electron chi connectivity index (χ4n) is 1.74. The van der Waals surface area contributed by atoms with E-state index < -0.39 is 0 Å². The molecule has 0 saturated heterocycles. The average Bonchev–Trinajstić information content (AvgIpc) is 2.46. The molecule has 0 heterocycles. The Hall–Kier alpha value is -2.31. The van der Waals surface area contributed by atoms with E-state index in [0.29, 0.717) is 5.56 Å². The molecule has 0 fully saturated rings. The highest BCUT2D eigenvalue weighted by Crippen LogP contribution is 2.20. The second kappa shape index (κ2) is 5.85. The molecule has 90 valence electrons. The predicted octanol–water partition coefficient (Wildman–Crippen LogP) is 3.32. The third-order valence-corrected chi connectivity index (χ3v) is 2.63. The topological polar surface area (TPSA) is 45.0 Å². The molecule has 0 aliphatic carbocycles. The van der Waals surface area contributed by atoms with Crippen LogP contribution in [0.1, 0.15) is 17.4 Å². The number of rotatable bonds is 4. The van der Waals surface area contributed by atoms with Gasteiger partial charge >= 0.3 is 0 Å². The molecular weight excluding hydrogens is 224 g/mol. The first kappa shape index (κ1) is 12.2. The van der Waals surface area contributed by atoms with Gasteiger partial charge in [0.05, 0.1) is 11.6 Å². The van der Waals surface area contributed by atoms with Crippen molar-refractivity contribution in [2.24, 2.45) is 0 Å². The molecule has 1 atom stereocenters.